The lowest BCUT2D eigenvalue weighted by Crippen LogP contribution is -2.07. The third-order valence-corrected chi connectivity index (χ3v) is 4.77. The molecule has 118 valence electrons. The van der Waals surface area contributed by atoms with Crippen molar-refractivity contribution >= 4 is 27.5 Å². The van der Waals surface area contributed by atoms with Crippen LogP contribution in [0.3, 0.4) is 0 Å². The standard InChI is InChI=1S/C16H15BrClN5/c1-22-15(19-16(21-22)10-2-3-10)9-23-7-6-14(20-23)12-5-4-11(17)8-13(12)18/h4-8,10H,2-3,9H2,1H3. The zero-order valence-electron chi connectivity index (χ0n) is 12.6. The van der Waals surface area contributed by atoms with Crippen LogP contribution in [-0.2, 0) is 13.6 Å². The van der Waals surface area contributed by atoms with E-state index >= 15 is 0 Å². The van der Waals surface area contributed by atoms with Gasteiger partial charge >= 0.3 is 0 Å². The van der Waals surface area contributed by atoms with E-state index < -0.39 is 0 Å². The first-order valence-corrected chi connectivity index (χ1v) is 8.66. The predicted molar refractivity (Wildman–Crippen MR) is 92.5 cm³/mol. The van der Waals surface area contributed by atoms with E-state index in [1.807, 2.05) is 46.9 Å². The number of rotatable bonds is 4. The van der Waals surface area contributed by atoms with E-state index in [-0.39, 0.29) is 0 Å². The summed E-state index contributed by atoms with van der Waals surface area (Å²) in [6.07, 6.45) is 4.36. The second kappa shape index (κ2) is 5.76. The molecule has 0 bridgehead atoms. The molecule has 1 aliphatic rings. The van der Waals surface area contributed by atoms with Gasteiger partial charge in [-0.25, -0.2) is 4.98 Å². The molecule has 0 aliphatic heterocycles. The minimum Gasteiger partial charge on any atom is -0.264 e. The molecule has 23 heavy (non-hydrogen) atoms. The van der Waals surface area contributed by atoms with Crippen LogP contribution < -0.4 is 0 Å². The van der Waals surface area contributed by atoms with Gasteiger partial charge in [0.25, 0.3) is 0 Å². The highest BCUT2D eigenvalue weighted by atomic mass is 79.9. The average molecular weight is 393 g/mol. The summed E-state index contributed by atoms with van der Waals surface area (Å²) >= 11 is 9.72. The molecule has 1 saturated carbocycles. The maximum absolute atomic E-state index is 6.30. The molecule has 0 atom stereocenters. The first-order valence-electron chi connectivity index (χ1n) is 7.49. The van der Waals surface area contributed by atoms with Crippen molar-refractivity contribution in [1.82, 2.24) is 24.5 Å². The Kier molecular flexibility index (Phi) is 3.73. The zero-order chi connectivity index (χ0) is 16.0. The molecule has 3 aromatic rings. The Balaban J connectivity index is 1.58. The molecule has 5 nitrogen and oxygen atoms in total. The van der Waals surface area contributed by atoms with Crippen molar-refractivity contribution in [2.75, 3.05) is 0 Å². The van der Waals surface area contributed by atoms with E-state index in [2.05, 4.69) is 31.1 Å². The second-order valence-corrected chi connectivity index (χ2v) is 7.13. The predicted octanol–water partition coefficient (Wildman–Crippen LogP) is 4.02. The lowest BCUT2D eigenvalue weighted by atomic mass is 10.1. The average Bonchev–Trinajstić information content (AvgIpc) is 3.16. The number of hydrogen-bond donors (Lipinski definition) is 0. The number of hydrogen-bond acceptors (Lipinski definition) is 3. The van der Waals surface area contributed by atoms with Gasteiger partial charge in [0.1, 0.15) is 12.4 Å². The molecule has 2 aromatic heterocycles. The molecular weight excluding hydrogens is 378 g/mol. The molecule has 1 aromatic carbocycles. The molecule has 1 aliphatic carbocycles. The number of halogens is 2. The fourth-order valence-electron chi connectivity index (χ4n) is 2.53. The van der Waals surface area contributed by atoms with E-state index in [1.54, 1.807) is 0 Å². The summed E-state index contributed by atoms with van der Waals surface area (Å²) in [4.78, 5) is 4.64. The van der Waals surface area contributed by atoms with Crippen molar-refractivity contribution in [1.29, 1.82) is 0 Å². The number of aryl methyl sites for hydroxylation is 1. The van der Waals surface area contributed by atoms with E-state index in [0.717, 1.165) is 27.4 Å². The molecule has 0 radical (unpaired) electrons. The Morgan fingerprint density at radius 3 is 2.83 bits per heavy atom. The smallest absolute Gasteiger partial charge is 0.154 e. The van der Waals surface area contributed by atoms with Crippen molar-refractivity contribution in [2.24, 2.45) is 7.05 Å². The van der Waals surface area contributed by atoms with E-state index in [1.165, 1.54) is 12.8 Å². The van der Waals surface area contributed by atoms with Crippen LogP contribution in [0.5, 0.6) is 0 Å². The molecular formula is C16H15BrClN5. The lowest BCUT2D eigenvalue weighted by molar-refractivity contribution is 0.608. The summed E-state index contributed by atoms with van der Waals surface area (Å²) in [6.45, 7) is 0.602. The van der Waals surface area contributed by atoms with Gasteiger partial charge in [0.2, 0.25) is 0 Å². The monoisotopic (exact) mass is 391 g/mol. The summed E-state index contributed by atoms with van der Waals surface area (Å²) in [5, 5.41) is 9.79. The van der Waals surface area contributed by atoms with Gasteiger partial charge in [-0.2, -0.15) is 10.2 Å². The van der Waals surface area contributed by atoms with Crippen LogP contribution in [0.25, 0.3) is 11.3 Å². The number of benzene rings is 1. The highest BCUT2D eigenvalue weighted by Gasteiger charge is 2.28. The van der Waals surface area contributed by atoms with Gasteiger partial charge in [0.05, 0.1) is 10.7 Å². The van der Waals surface area contributed by atoms with Gasteiger partial charge in [-0.1, -0.05) is 33.6 Å². The molecule has 0 saturated heterocycles. The van der Waals surface area contributed by atoms with Gasteiger partial charge in [-0.15, -0.1) is 0 Å². The highest BCUT2D eigenvalue weighted by molar-refractivity contribution is 9.10. The van der Waals surface area contributed by atoms with Crippen LogP contribution in [-0.4, -0.2) is 24.5 Å². The maximum Gasteiger partial charge on any atom is 0.154 e. The minimum absolute atomic E-state index is 0.560. The molecule has 4 rings (SSSR count). The number of aromatic nitrogens is 5. The second-order valence-electron chi connectivity index (χ2n) is 5.81. The third kappa shape index (κ3) is 3.05. The Hall–Kier alpha value is -1.66. The van der Waals surface area contributed by atoms with E-state index in [0.29, 0.717) is 17.5 Å². The van der Waals surface area contributed by atoms with E-state index in [9.17, 15) is 0 Å². The Labute approximate surface area is 147 Å². The quantitative estimate of drug-likeness (QED) is 0.674. The first kappa shape index (κ1) is 14.9. The van der Waals surface area contributed by atoms with Gasteiger partial charge < -0.3 is 0 Å². The summed E-state index contributed by atoms with van der Waals surface area (Å²) in [5.41, 5.74) is 1.78. The summed E-state index contributed by atoms with van der Waals surface area (Å²) in [7, 11) is 1.93. The Bertz CT molecular complexity index is 865. The van der Waals surface area contributed by atoms with E-state index in [4.69, 9.17) is 11.6 Å². The molecule has 0 unspecified atom stereocenters. The van der Waals surface area contributed by atoms with Gasteiger partial charge in [-0.3, -0.25) is 9.36 Å². The SMILES string of the molecule is Cn1nc(C2CC2)nc1Cn1ccc(-c2ccc(Br)cc2Cl)n1. The molecule has 0 spiro atoms. The number of nitrogens with zero attached hydrogens (tertiary/aromatic N) is 5. The van der Waals surface area contributed by atoms with Crippen molar-refractivity contribution < 1.29 is 0 Å². The fraction of sp³-hybridized carbons (Fsp3) is 0.312. The van der Waals surface area contributed by atoms with Crippen LogP contribution in [0.15, 0.2) is 34.9 Å². The largest absolute Gasteiger partial charge is 0.264 e. The normalized spacial score (nSPS) is 14.4. The molecule has 0 N–H and O–H groups in total. The Morgan fingerprint density at radius 2 is 2.09 bits per heavy atom. The molecule has 0 amide bonds. The zero-order valence-corrected chi connectivity index (χ0v) is 14.9. The topological polar surface area (TPSA) is 48.5 Å². The molecule has 2 heterocycles. The van der Waals surface area contributed by atoms with Gasteiger partial charge in [0.15, 0.2) is 5.82 Å². The summed E-state index contributed by atoms with van der Waals surface area (Å²) in [5.74, 6) is 2.44. The van der Waals surface area contributed by atoms with Crippen LogP contribution in [0, 0.1) is 0 Å². The minimum atomic E-state index is 0.560. The maximum atomic E-state index is 6.30. The fourth-order valence-corrected chi connectivity index (χ4v) is 3.30. The van der Waals surface area contributed by atoms with Crippen LogP contribution >= 0.6 is 27.5 Å². The van der Waals surface area contributed by atoms with Gasteiger partial charge in [0, 0.05) is 29.2 Å². The van der Waals surface area contributed by atoms with Crippen LogP contribution in [0.2, 0.25) is 5.02 Å². The van der Waals surface area contributed by atoms with Gasteiger partial charge in [-0.05, 0) is 31.0 Å². The lowest BCUT2D eigenvalue weighted by Gasteiger charge is -2.02. The Morgan fingerprint density at radius 1 is 1.26 bits per heavy atom. The summed E-state index contributed by atoms with van der Waals surface area (Å²) < 4.78 is 4.67. The first-order chi connectivity index (χ1) is 11.1. The van der Waals surface area contributed by atoms with Crippen molar-refractivity contribution in [3.05, 3.63) is 51.6 Å². The van der Waals surface area contributed by atoms with Crippen LogP contribution in [0.1, 0.15) is 30.4 Å². The van der Waals surface area contributed by atoms with Crippen molar-refractivity contribution in [3.8, 4) is 11.3 Å². The van der Waals surface area contributed by atoms with Crippen molar-refractivity contribution in [2.45, 2.75) is 25.3 Å². The highest BCUT2D eigenvalue weighted by Crippen LogP contribution is 2.38. The summed E-state index contributed by atoms with van der Waals surface area (Å²) in [6, 6.07) is 7.77. The third-order valence-electron chi connectivity index (χ3n) is 3.96. The van der Waals surface area contributed by atoms with Crippen LogP contribution in [0.4, 0.5) is 0 Å². The van der Waals surface area contributed by atoms with Crippen molar-refractivity contribution in [3.63, 3.8) is 0 Å². The molecule has 7 heteroatoms. The molecule has 1 fully saturated rings.